The number of hydrogen-bond acceptors (Lipinski definition) is 2. The first-order valence-corrected chi connectivity index (χ1v) is 5.84. The maximum Gasteiger partial charge on any atom is 0.246 e. The molecule has 18 heavy (non-hydrogen) atoms. The van der Waals surface area contributed by atoms with Gasteiger partial charge in [-0.05, 0) is 24.6 Å². The molecule has 3 nitrogen and oxygen atoms in total. The van der Waals surface area contributed by atoms with Gasteiger partial charge in [-0.15, -0.1) is 0 Å². The Kier molecular flexibility index (Phi) is 5.71. The summed E-state index contributed by atoms with van der Waals surface area (Å²) in [4.78, 5) is 13.4. The highest BCUT2D eigenvalue weighted by Crippen LogP contribution is 2.12. The first-order chi connectivity index (χ1) is 8.67. The van der Waals surface area contributed by atoms with Gasteiger partial charge in [-0.3, -0.25) is 4.79 Å². The summed E-state index contributed by atoms with van der Waals surface area (Å²) in [6.45, 7) is 2.50. The predicted molar refractivity (Wildman–Crippen MR) is 73.4 cm³/mol. The third-order valence-corrected chi connectivity index (χ3v) is 2.50. The summed E-state index contributed by atoms with van der Waals surface area (Å²) in [7, 11) is 3.42. The van der Waals surface area contributed by atoms with Crippen LogP contribution in [0.2, 0.25) is 0 Å². The second kappa shape index (κ2) is 7.33. The van der Waals surface area contributed by atoms with Crippen LogP contribution in [0.3, 0.4) is 0 Å². The maximum atomic E-state index is 11.7. The summed E-state index contributed by atoms with van der Waals surface area (Å²) in [6.07, 6.45) is 7.02. The van der Waals surface area contributed by atoms with E-state index in [0.717, 1.165) is 11.3 Å². The predicted octanol–water partition coefficient (Wildman–Crippen LogP) is 2.79. The molecule has 0 aliphatic rings. The molecule has 0 saturated carbocycles. The van der Waals surface area contributed by atoms with Gasteiger partial charge >= 0.3 is 0 Å². The molecule has 0 aliphatic carbocycles. The number of carbonyl (C=O) groups excluding carboxylic acids is 1. The van der Waals surface area contributed by atoms with Crippen LogP contribution in [0.4, 0.5) is 0 Å². The third-order valence-electron chi connectivity index (χ3n) is 2.50. The highest BCUT2D eigenvalue weighted by molar-refractivity contribution is 5.87. The van der Waals surface area contributed by atoms with Gasteiger partial charge in [0.25, 0.3) is 0 Å². The van der Waals surface area contributed by atoms with E-state index in [1.165, 1.54) is 0 Å². The smallest absolute Gasteiger partial charge is 0.246 e. The van der Waals surface area contributed by atoms with Crippen LogP contribution in [0.1, 0.15) is 12.5 Å². The van der Waals surface area contributed by atoms with E-state index in [0.29, 0.717) is 6.54 Å². The van der Waals surface area contributed by atoms with Crippen LogP contribution in [0, 0.1) is 0 Å². The van der Waals surface area contributed by atoms with Crippen molar-refractivity contribution in [1.29, 1.82) is 0 Å². The lowest BCUT2D eigenvalue weighted by molar-refractivity contribution is -0.125. The van der Waals surface area contributed by atoms with Crippen molar-refractivity contribution in [3.8, 4) is 5.75 Å². The fourth-order valence-electron chi connectivity index (χ4n) is 1.46. The lowest BCUT2D eigenvalue weighted by Crippen LogP contribution is -2.24. The minimum absolute atomic E-state index is 0.0103. The van der Waals surface area contributed by atoms with Gasteiger partial charge in [0.1, 0.15) is 5.75 Å². The Labute approximate surface area is 108 Å². The van der Waals surface area contributed by atoms with E-state index in [2.05, 4.69) is 0 Å². The van der Waals surface area contributed by atoms with E-state index < -0.39 is 0 Å². The lowest BCUT2D eigenvalue weighted by atomic mass is 10.2. The monoisotopic (exact) mass is 245 g/mol. The fourth-order valence-corrected chi connectivity index (χ4v) is 1.46. The van der Waals surface area contributed by atoms with Gasteiger partial charge < -0.3 is 9.64 Å². The molecule has 1 aromatic carbocycles. The Hall–Kier alpha value is -2.03. The van der Waals surface area contributed by atoms with E-state index in [9.17, 15) is 4.79 Å². The molecule has 0 heterocycles. The van der Waals surface area contributed by atoms with Crippen molar-refractivity contribution in [2.75, 3.05) is 14.2 Å². The first kappa shape index (κ1) is 14.0. The molecule has 0 saturated heterocycles. The van der Waals surface area contributed by atoms with E-state index in [1.54, 1.807) is 31.2 Å². The number of methoxy groups -OCH3 is 1. The summed E-state index contributed by atoms with van der Waals surface area (Å²) >= 11 is 0. The average Bonchev–Trinajstić information content (AvgIpc) is 2.39. The number of likely N-dealkylation sites (N-methyl/N-ethyl adjacent to an activating group) is 1. The Morgan fingerprint density at radius 2 is 1.94 bits per heavy atom. The zero-order valence-corrected chi connectivity index (χ0v) is 11.1. The number of nitrogens with zero attached hydrogens (tertiary/aromatic N) is 1. The molecular weight excluding hydrogens is 226 g/mol. The Balaban J connectivity index is 2.57. The number of ether oxygens (including phenoxy) is 1. The van der Waals surface area contributed by atoms with Crippen molar-refractivity contribution in [2.24, 2.45) is 0 Å². The zero-order chi connectivity index (χ0) is 13.4. The van der Waals surface area contributed by atoms with Crippen LogP contribution >= 0.6 is 0 Å². The highest BCUT2D eigenvalue weighted by Gasteiger charge is 2.05. The zero-order valence-electron chi connectivity index (χ0n) is 11.1. The SMILES string of the molecule is CC=CC=CC(=O)N(C)Cc1ccc(OC)cc1. The van der Waals surface area contributed by atoms with Crippen LogP contribution in [0.5, 0.6) is 5.75 Å². The van der Waals surface area contributed by atoms with E-state index in [-0.39, 0.29) is 5.91 Å². The molecule has 96 valence electrons. The van der Waals surface area contributed by atoms with Crippen molar-refractivity contribution < 1.29 is 9.53 Å². The van der Waals surface area contributed by atoms with Crippen molar-refractivity contribution in [3.63, 3.8) is 0 Å². The number of allylic oxidation sites excluding steroid dienone is 3. The van der Waals surface area contributed by atoms with Crippen LogP contribution in [-0.4, -0.2) is 25.0 Å². The number of carbonyl (C=O) groups is 1. The number of rotatable bonds is 5. The summed E-state index contributed by atoms with van der Waals surface area (Å²) in [5.74, 6) is 0.810. The normalized spacial score (nSPS) is 11.1. The standard InChI is InChI=1S/C15H19NO2/c1-4-5-6-7-15(17)16(2)12-13-8-10-14(18-3)11-9-13/h4-11H,12H2,1-3H3. The van der Waals surface area contributed by atoms with E-state index in [1.807, 2.05) is 43.3 Å². The second-order valence-corrected chi connectivity index (χ2v) is 3.93. The van der Waals surface area contributed by atoms with Crippen LogP contribution in [0.15, 0.2) is 48.6 Å². The van der Waals surface area contributed by atoms with Gasteiger partial charge in [0, 0.05) is 19.7 Å². The molecule has 0 N–H and O–H groups in total. The van der Waals surface area contributed by atoms with Gasteiger partial charge in [-0.2, -0.15) is 0 Å². The number of hydrogen-bond donors (Lipinski definition) is 0. The van der Waals surface area contributed by atoms with E-state index in [4.69, 9.17) is 4.74 Å². The molecule has 3 heteroatoms. The first-order valence-electron chi connectivity index (χ1n) is 5.84. The molecule has 0 atom stereocenters. The molecule has 0 unspecified atom stereocenters. The van der Waals surface area contributed by atoms with Crippen LogP contribution < -0.4 is 4.74 Å². The van der Waals surface area contributed by atoms with Gasteiger partial charge in [-0.1, -0.05) is 30.4 Å². The summed E-state index contributed by atoms with van der Waals surface area (Å²) in [5, 5.41) is 0. The van der Waals surface area contributed by atoms with Crippen molar-refractivity contribution in [1.82, 2.24) is 4.90 Å². The molecule has 1 aromatic rings. The number of amides is 1. The number of benzene rings is 1. The quantitative estimate of drug-likeness (QED) is 0.589. The maximum absolute atomic E-state index is 11.7. The second-order valence-electron chi connectivity index (χ2n) is 3.93. The summed E-state index contributed by atoms with van der Waals surface area (Å²) in [6, 6.07) is 7.70. The minimum Gasteiger partial charge on any atom is -0.497 e. The molecule has 1 rings (SSSR count). The molecule has 0 spiro atoms. The average molecular weight is 245 g/mol. The molecule has 1 amide bonds. The van der Waals surface area contributed by atoms with Crippen molar-refractivity contribution in [3.05, 3.63) is 54.1 Å². The molecular formula is C15H19NO2. The van der Waals surface area contributed by atoms with Gasteiger partial charge in [0.15, 0.2) is 0 Å². The van der Waals surface area contributed by atoms with Crippen molar-refractivity contribution >= 4 is 5.91 Å². The summed E-state index contributed by atoms with van der Waals surface area (Å²) < 4.78 is 5.09. The lowest BCUT2D eigenvalue weighted by Gasteiger charge is -2.15. The summed E-state index contributed by atoms with van der Waals surface area (Å²) in [5.41, 5.74) is 1.08. The minimum atomic E-state index is -0.0103. The largest absolute Gasteiger partial charge is 0.497 e. The van der Waals surface area contributed by atoms with E-state index >= 15 is 0 Å². The van der Waals surface area contributed by atoms with Gasteiger partial charge in [0.05, 0.1) is 7.11 Å². The van der Waals surface area contributed by atoms with Gasteiger partial charge in [0.2, 0.25) is 5.91 Å². The van der Waals surface area contributed by atoms with Crippen molar-refractivity contribution in [2.45, 2.75) is 13.5 Å². The van der Waals surface area contributed by atoms with Crippen LogP contribution in [-0.2, 0) is 11.3 Å². The Morgan fingerprint density at radius 1 is 1.28 bits per heavy atom. The highest BCUT2D eigenvalue weighted by atomic mass is 16.5. The third kappa shape index (κ3) is 4.45. The van der Waals surface area contributed by atoms with Gasteiger partial charge in [-0.25, -0.2) is 0 Å². The molecule has 0 bridgehead atoms. The Bertz CT molecular complexity index is 432. The fraction of sp³-hybridized carbons (Fsp3) is 0.267. The topological polar surface area (TPSA) is 29.5 Å². The Morgan fingerprint density at radius 3 is 2.50 bits per heavy atom. The molecule has 0 radical (unpaired) electrons. The molecule has 0 aromatic heterocycles. The molecule has 0 aliphatic heterocycles. The van der Waals surface area contributed by atoms with Crippen LogP contribution in [0.25, 0.3) is 0 Å². The molecule has 0 fully saturated rings.